The first kappa shape index (κ1) is 14.7. The number of ether oxygens (including phenoxy) is 1. The Labute approximate surface area is 107 Å². The van der Waals surface area contributed by atoms with Crippen molar-refractivity contribution in [3.05, 3.63) is 12.2 Å². The Morgan fingerprint density at radius 1 is 1.29 bits per heavy atom. The molecule has 0 amide bonds. The number of rotatable bonds is 7. The molecule has 2 heteroatoms. The number of hydrogen-bond acceptors (Lipinski definition) is 2. The van der Waals surface area contributed by atoms with E-state index < -0.39 is 0 Å². The summed E-state index contributed by atoms with van der Waals surface area (Å²) in [5.74, 6) is 0.974. The van der Waals surface area contributed by atoms with E-state index in [2.05, 4.69) is 18.8 Å². The van der Waals surface area contributed by atoms with E-state index in [-0.39, 0.29) is 0 Å². The Hall–Kier alpha value is -0.340. The molecule has 0 aromatic carbocycles. The fraction of sp³-hybridized carbons (Fsp3) is 0.867. The summed E-state index contributed by atoms with van der Waals surface area (Å²) in [5, 5.41) is 3.63. The molecule has 2 unspecified atom stereocenters. The third-order valence-corrected chi connectivity index (χ3v) is 3.69. The van der Waals surface area contributed by atoms with Crippen LogP contribution in [0.25, 0.3) is 0 Å². The second-order valence-electron chi connectivity index (χ2n) is 5.44. The van der Waals surface area contributed by atoms with Crippen LogP contribution in [-0.4, -0.2) is 25.8 Å². The summed E-state index contributed by atoms with van der Waals surface area (Å²) in [6.07, 6.45) is 8.27. The van der Waals surface area contributed by atoms with Gasteiger partial charge in [-0.3, -0.25) is 0 Å². The molecule has 1 N–H and O–H groups in total. The first-order chi connectivity index (χ1) is 8.22. The summed E-state index contributed by atoms with van der Waals surface area (Å²) in [4.78, 5) is 0. The van der Waals surface area contributed by atoms with Gasteiger partial charge in [0.05, 0.1) is 13.2 Å². The first-order valence-electron chi connectivity index (χ1n) is 7.18. The lowest BCUT2D eigenvalue weighted by molar-refractivity contribution is 0.154. The van der Waals surface area contributed by atoms with Crippen molar-refractivity contribution in [3.63, 3.8) is 0 Å². The molecule has 1 aliphatic rings. The summed E-state index contributed by atoms with van der Waals surface area (Å²) < 4.78 is 5.50. The second kappa shape index (κ2) is 8.71. The topological polar surface area (TPSA) is 21.3 Å². The van der Waals surface area contributed by atoms with E-state index in [1.807, 2.05) is 6.92 Å². The maximum absolute atomic E-state index is 5.50. The van der Waals surface area contributed by atoms with Crippen LogP contribution in [0.1, 0.15) is 52.4 Å². The van der Waals surface area contributed by atoms with E-state index in [0.29, 0.717) is 6.61 Å². The van der Waals surface area contributed by atoms with Crippen molar-refractivity contribution < 1.29 is 4.74 Å². The minimum Gasteiger partial charge on any atom is -0.376 e. The SMILES string of the molecule is C=C(C)COCCNC1CCCC(CC)CC1. The molecule has 1 aliphatic carbocycles. The van der Waals surface area contributed by atoms with Gasteiger partial charge in [0.2, 0.25) is 0 Å². The minimum atomic E-state index is 0.699. The molecule has 1 rings (SSSR count). The fourth-order valence-electron chi connectivity index (χ4n) is 2.57. The standard InChI is InChI=1S/C15H29NO/c1-4-14-6-5-7-15(9-8-14)16-10-11-17-12-13(2)3/h14-16H,2,4-12H2,1,3H3. The van der Waals surface area contributed by atoms with Gasteiger partial charge in [0.15, 0.2) is 0 Å². The molecule has 0 aromatic rings. The lowest BCUT2D eigenvalue weighted by Gasteiger charge is -2.16. The molecule has 1 fully saturated rings. The van der Waals surface area contributed by atoms with Gasteiger partial charge >= 0.3 is 0 Å². The molecule has 0 saturated heterocycles. The maximum atomic E-state index is 5.50. The average molecular weight is 239 g/mol. The Bertz CT molecular complexity index is 215. The predicted molar refractivity (Wildman–Crippen MR) is 74.3 cm³/mol. The van der Waals surface area contributed by atoms with E-state index in [9.17, 15) is 0 Å². The van der Waals surface area contributed by atoms with Crippen molar-refractivity contribution in [2.75, 3.05) is 19.8 Å². The van der Waals surface area contributed by atoms with Crippen LogP contribution in [0, 0.1) is 5.92 Å². The van der Waals surface area contributed by atoms with Crippen LogP contribution in [0.5, 0.6) is 0 Å². The first-order valence-corrected chi connectivity index (χ1v) is 7.18. The van der Waals surface area contributed by atoms with Gasteiger partial charge in [0.1, 0.15) is 0 Å². The van der Waals surface area contributed by atoms with Gasteiger partial charge in [-0.2, -0.15) is 0 Å². The summed E-state index contributed by atoms with van der Waals surface area (Å²) in [6.45, 7) is 10.6. The summed E-state index contributed by atoms with van der Waals surface area (Å²) >= 11 is 0. The minimum absolute atomic E-state index is 0.699. The Balaban J connectivity index is 2.05. The fourth-order valence-corrected chi connectivity index (χ4v) is 2.57. The summed E-state index contributed by atoms with van der Waals surface area (Å²) in [6, 6.07) is 0.722. The van der Waals surface area contributed by atoms with Crippen LogP contribution in [0.2, 0.25) is 0 Å². The Morgan fingerprint density at radius 2 is 2.12 bits per heavy atom. The summed E-state index contributed by atoms with van der Waals surface area (Å²) in [5.41, 5.74) is 1.10. The average Bonchev–Trinajstić information content (AvgIpc) is 2.53. The van der Waals surface area contributed by atoms with Crippen LogP contribution in [0.3, 0.4) is 0 Å². The highest BCUT2D eigenvalue weighted by atomic mass is 16.5. The maximum Gasteiger partial charge on any atom is 0.0672 e. The van der Waals surface area contributed by atoms with Crippen LogP contribution in [-0.2, 0) is 4.74 Å². The van der Waals surface area contributed by atoms with Crippen LogP contribution < -0.4 is 5.32 Å². The zero-order chi connectivity index (χ0) is 12.5. The van der Waals surface area contributed by atoms with Crippen molar-refractivity contribution in [1.82, 2.24) is 5.32 Å². The third kappa shape index (κ3) is 6.85. The van der Waals surface area contributed by atoms with Gasteiger partial charge in [-0.05, 0) is 32.1 Å². The highest BCUT2D eigenvalue weighted by Crippen LogP contribution is 2.25. The normalized spacial score (nSPS) is 25.5. The summed E-state index contributed by atoms with van der Waals surface area (Å²) in [7, 11) is 0. The molecular formula is C15H29NO. The molecule has 100 valence electrons. The van der Waals surface area contributed by atoms with Gasteiger partial charge in [-0.15, -0.1) is 0 Å². The largest absolute Gasteiger partial charge is 0.376 e. The molecule has 17 heavy (non-hydrogen) atoms. The molecular weight excluding hydrogens is 210 g/mol. The van der Waals surface area contributed by atoms with E-state index in [1.165, 1.54) is 38.5 Å². The van der Waals surface area contributed by atoms with Gasteiger partial charge in [-0.25, -0.2) is 0 Å². The Kier molecular flexibility index (Phi) is 7.54. The highest BCUT2D eigenvalue weighted by Gasteiger charge is 2.16. The molecule has 0 heterocycles. The lowest BCUT2D eigenvalue weighted by atomic mass is 9.98. The molecule has 0 aromatic heterocycles. The van der Waals surface area contributed by atoms with Gasteiger partial charge in [0.25, 0.3) is 0 Å². The molecule has 2 atom stereocenters. The van der Waals surface area contributed by atoms with E-state index in [1.54, 1.807) is 0 Å². The van der Waals surface area contributed by atoms with Gasteiger partial charge < -0.3 is 10.1 Å². The zero-order valence-electron chi connectivity index (χ0n) is 11.6. The van der Waals surface area contributed by atoms with E-state index >= 15 is 0 Å². The van der Waals surface area contributed by atoms with Crippen LogP contribution in [0.15, 0.2) is 12.2 Å². The van der Waals surface area contributed by atoms with Crippen molar-refractivity contribution in [3.8, 4) is 0 Å². The highest BCUT2D eigenvalue weighted by molar-refractivity contribution is 4.87. The smallest absolute Gasteiger partial charge is 0.0672 e. The Morgan fingerprint density at radius 3 is 2.82 bits per heavy atom. The molecule has 0 bridgehead atoms. The molecule has 0 aliphatic heterocycles. The molecule has 0 radical (unpaired) electrons. The lowest BCUT2D eigenvalue weighted by Crippen LogP contribution is -2.31. The zero-order valence-corrected chi connectivity index (χ0v) is 11.6. The number of hydrogen-bond donors (Lipinski definition) is 1. The molecule has 2 nitrogen and oxygen atoms in total. The monoisotopic (exact) mass is 239 g/mol. The molecule has 0 spiro atoms. The quantitative estimate of drug-likeness (QED) is 0.417. The van der Waals surface area contributed by atoms with Gasteiger partial charge in [-0.1, -0.05) is 38.3 Å². The second-order valence-corrected chi connectivity index (χ2v) is 5.44. The van der Waals surface area contributed by atoms with Crippen molar-refractivity contribution in [2.45, 2.75) is 58.4 Å². The predicted octanol–water partition coefficient (Wildman–Crippen LogP) is 3.53. The van der Waals surface area contributed by atoms with Crippen molar-refractivity contribution in [1.29, 1.82) is 0 Å². The van der Waals surface area contributed by atoms with Crippen molar-refractivity contribution >= 4 is 0 Å². The van der Waals surface area contributed by atoms with Crippen LogP contribution in [0.4, 0.5) is 0 Å². The van der Waals surface area contributed by atoms with Crippen LogP contribution >= 0.6 is 0 Å². The molecule has 1 saturated carbocycles. The van der Waals surface area contributed by atoms with Crippen molar-refractivity contribution in [2.24, 2.45) is 5.92 Å². The van der Waals surface area contributed by atoms with Gasteiger partial charge in [0, 0.05) is 12.6 Å². The third-order valence-electron chi connectivity index (χ3n) is 3.69. The van der Waals surface area contributed by atoms with E-state index in [0.717, 1.165) is 30.7 Å². The number of nitrogens with one attached hydrogen (secondary N) is 1. The van der Waals surface area contributed by atoms with E-state index in [4.69, 9.17) is 4.74 Å².